The van der Waals surface area contributed by atoms with Crippen LogP contribution < -0.4 is 10.5 Å². The molecule has 1 aromatic rings. The third-order valence-electron chi connectivity index (χ3n) is 1.82. The van der Waals surface area contributed by atoms with Crippen LogP contribution in [0.5, 0.6) is 0 Å². The van der Waals surface area contributed by atoms with E-state index in [1.165, 1.54) is 6.07 Å². The molecule has 0 amide bonds. The molecule has 0 aliphatic heterocycles. The Labute approximate surface area is 104 Å². The van der Waals surface area contributed by atoms with Gasteiger partial charge in [-0.05, 0) is 32.0 Å². The molecule has 0 atom stereocenters. The Balaban J connectivity index is 2.87. The van der Waals surface area contributed by atoms with Crippen molar-refractivity contribution in [1.29, 1.82) is 0 Å². The SMILES string of the molecule is CC(C)(N)CNS(=O)(=O)c1cccc(Br)c1. The van der Waals surface area contributed by atoms with Gasteiger partial charge in [0, 0.05) is 16.6 Å². The average Bonchev–Trinajstić information content (AvgIpc) is 2.14. The molecule has 0 heterocycles. The number of rotatable bonds is 4. The molecule has 4 nitrogen and oxygen atoms in total. The van der Waals surface area contributed by atoms with Crippen molar-refractivity contribution >= 4 is 26.0 Å². The standard InChI is InChI=1S/C10H15BrN2O2S/c1-10(2,12)7-13-16(14,15)9-5-3-4-8(11)6-9/h3-6,13H,7,12H2,1-2H3. The smallest absolute Gasteiger partial charge is 0.240 e. The second kappa shape index (κ2) is 4.83. The monoisotopic (exact) mass is 306 g/mol. The maximum atomic E-state index is 11.8. The highest BCUT2D eigenvalue weighted by Crippen LogP contribution is 2.15. The molecule has 0 unspecified atom stereocenters. The van der Waals surface area contributed by atoms with Gasteiger partial charge in [-0.1, -0.05) is 22.0 Å². The van der Waals surface area contributed by atoms with Crippen LogP contribution in [-0.4, -0.2) is 20.5 Å². The van der Waals surface area contributed by atoms with Crippen molar-refractivity contribution in [2.75, 3.05) is 6.54 Å². The van der Waals surface area contributed by atoms with E-state index in [1.54, 1.807) is 32.0 Å². The zero-order chi connectivity index (χ0) is 12.4. The minimum absolute atomic E-state index is 0.196. The van der Waals surface area contributed by atoms with Crippen molar-refractivity contribution in [2.24, 2.45) is 5.73 Å². The minimum atomic E-state index is -3.48. The number of halogens is 1. The second-order valence-corrected chi connectivity index (χ2v) is 6.95. The van der Waals surface area contributed by atoms with Gasteiger partial charge >= 0.3 is 0 Å². The van der Waals surface area contributed by atoms with E-state index >= 15 is 0 Å². The summed E-state index contributed by atoms with van der Waals surface area (Å²) in [5.74, 6) is 0. The summed E-state index contributed by atoms with van der Waals surface area (Å²) in [6.07, 6.45) is 0. The normalized spacial score (nSPS) is 12.8. The first-order valence-electron chi connectivity index (χ1n) is 4.75. The maximum Gasteiger partial charge on any atom is 0.240 e. The van der Waals surface area contributed by atoms with Gasteiger partial charge in [0.25, 0.3) is 0 Å². The zero-order valence-electron chi connectivity index (χ0n) is 9.20. The van der Waals surface area contributed by atoms with Gasteiger partial charge in [-0.3, -0.25) is 0 Å². The molecule has 0 spiro atoms. The van der Waals surface area contributed by atoms with Crippen molar-refractivity contribution < 1.29 is 8.42 Å². The zero-order valence-corrected chi connectivity index (χ0v) is 11.6. The number of nitrogens with one attached hydrogen (secondary N) is 1. The molecule has 6 heteroatoms. The molecular formula is C10H15BrN2O2S. The first kappa shape index (κ1) is 13.6. The van der Waals surface area contributed by atoms with Crippen LogP contribution in [0.15, 0.2) is 33.6 Å². The molecule has 0 radical (unpaired) electrons. The van der Waals surface area contributed by atoms with Gasteiger partial charge in [0.1, 0.15) is 0 Å². The highest BCUT2D eigenvalue weighted by Gasteiger charge is 2.18. The summed E-state index contributed by atoms with van der Waals surface area (Å²) < 4.78 is 26.9. The van der Waals surface area contributed by atoms with Crippen molar-refractivity contribution in [2.45, 2.75) is 24.3 Å². The van der Waals surface area contributed by atoms with Crippen LogP contribution >= 0.6 is 15.9 Å². The summed E-state index contributed by atoms with van der Waals surface area (Å²) in [5.41, 5.74) is 5.14. The van der Waals surface area contributed by atoms with Gasteiger partial charge in [-0.2, -0.15) is 0 Å². The average molecular weight is 307 g/mol. The lowest BCUT2D eigenvalue weighted by Crippen LogP contribution is -2.45. The first-order chi connectivity index (χ1) is 7.21. The molecule has 1 aromatic carbocycles. The number of nitrogens with two attached hydrogens (primary N) is 1. The van der Waals surface area contributed by atoms with Gasteiger partial charge in [-0.25, -0.2) is 13.1 Å². The Bertz CT molecular complexity index is 466. The minimum Gasteiger partial charge on any atom is -0.324 e. The van der Waals surface area contributed by atoms with E-state index in [-0.39, 0.29) is 11.4 Å². The summed E-state index contributed by atoms with van der Waals surface area (Å²) in [6, 6.07) is 6.53. The van der Waals surface area contributed by atoms with Gasteiger partial charge in [-0.15, -0.1) is 0 Å². The summed E-state index contributed by atoms with van der Waals surface area (Å²) in [4.78, 5) is 0.228. The topological polar surface area (TPSA) is 72.2 Å². The van der Waals surface area contributed by atoms with Gasteiger partial charge in [0.2, 0.25) is 10.0 Å². The Morgan fingerprint density at radius 3 is 2.56 bits per heavy atom. The van der Waals surface area contributed by atoms with Crippen LogP contribution in [-0.2, 0) is 10.0 Å². The molecule has 0 saturated heterocycles. The van der Waals surface area contributed by atoms with Crippen molar-refractivity contribution in [3.05, 3.63) is 28.7 Å². The fourth-order valence-corrected chi connectivity index (χ4v) is 2.82. The lowest BCUT2D eigenvalue weighted by molar-refractivity contribution is 0.498. The van der Waals surface area contributed by atoms with Crippen molar-refractivity contribution in [1.82, 2.24) is 4.72 Å². The number of benzene rings is 1. The Morgan fingerprint density at radius 1 is 1.44 bits per heavy atom. The van der Waals surface area contributed by atoms with E-state index in [0.717, 1.165) is 4.47 Å². The van der Waals surface area contributed by atoms with Crippen molar-refractivity contribution in [3.8, 4) is 0 Å². The summed E-state index contributed by atoms with van der Waals surface area (Å²) in [7, 11) is -3.48. The number of sulfonamides is 1. The van der Waals surface area contributed by atoms with Crippen molar-refractivity contribution in [3.63, 3.8) is 0 Å². The summed E-state index contributed by atoms with van der Waals surface area (Å²) >= 11 is 3.23. The molecule has 0 aromatic heterocycles. The van der Waals surface area contributed by atoms with E-state index in [9.17, 15) is 8.42 Å². The third kappa shape index (κ3) is 4.21. The second-order valence-electron chi connectivity index (χ2n) is 4.27. The quantitative estimate of drug-likeness (QED) is 0.884. The highest BCUT2D eigenvalue weighted by atomic mass is 79.9. The fraction of sp³-hybridized carbons (Fsp3) is 0.400. The van der Waals surface area contributed by atoms with E-state index in [0.29, 0.717) is 0 Å². The van der Waals surface area contributed by atoms with Gasteiger partial charge < -0.3 is 5.73 Å². The molecule has 0 aliphatic carbocycles. The van der Waals surface area contributed by atoms with Crippen LogP contribution in [0.3, 0.4) is 0 Å². The maximum absolute atomic E-state index is 11.8. The molecule has 3 N–H and O–H groups in total. The molecule has 90 valence electrons. The van der Waals surface area contributed by atoms with Crippen LogP contribution in [0.4, 0.5) is 0 Å². The molecule has 0 fully saturated rings. The number of hydrogen-bond acceptors (Lipinski definition) is 3. The predicted molar refractivity (Wildman–Crippen MR) is 67.6 cm³/mol. The summed E-state index contributed by atoms with van der Waals surface area (Å²) in [6.45, 7) is 3.72. The van der Waals surface area contributed by atoms with E-state index in [1.807, 2.05) is 0 Å². The van der Waals surface area contributed by atoms with E-state index in [2.05, 4.69) is 20.7 Å². The molecule has 0 aliphatic rings. The molecule has 0 bridgehead atoms. The molecular weight excluding hydrogens is 292 g/mol. The van der Waals surface area contributed by atoms with E-state index < -0.39 is 15.6 Å². The highest BCUT2D eigenvalue weighted by molar-refractivity contribution is 9.10. The largest absolute Gasteiger partial charge is 0.324 e. The van der Waals surface area contributed by atoms with Gasteiger partial charge in [0.05, 0.1) is 4.90 Å². The molecule has 16 heavy (non-hydrogen) atoms. The number of hydrogen-bond donors (Lipinski definition) is 2. The first-order valence-corrected chi connectivity index (χ1v) is 7.02. The van der Waals surface area contributed by atoms with Crippen LogP contribution in [0.1, 0.15) is 13.8 Å². The lowest BCUT2D eigenvalue weighted by atomic mass is 10.1. The molecule has 0 saturated carbocycles. The Morgan fingerprint density at radius 2 is 2.06 bits per heavy atom. The molecule has 1 rings (SSSR count). The fourth-order valence-electron chi connectivity index (χ4n) is 0.999. The van der Waals surface area contributed by atoms with Gasteiger partial charge in [0.15, 0.2) is 0 Å². The van der Waals surface area contributed by atoms with Crippen LogP contribution in [0.25, 0.3) is 0 Å². The van der Waals surface area contributed by atoms with Crippen LogP contribution in [0.2, 0.25) is 0 Å². The Kier molecular flexibility index (Phi) is 4.12. The lowest BCUT2D eigenvalue weighted by Gasteiger charge is -2.18. The predicted octanol–water partition coefficient (Wildman–Crippen LogP) is 1.46. The Hall–Kier alpha value is -0.430. The van der Waals surface area contributed by atoms with Crippen LogP contribution in [0, 0.1) is 0 Å². The summed E-state index contributed by atoms with van der Waals surface area (Å²) in [5, 5.41) is 0. The third-order valence-corrected chi connectivity index (χ3v) is 3.72. The van der Waals surface area contributed by atoms with E-state index in [4.69, 9.17) is 5.73 Å².